The van der Waals surface area contributed by atoms with Gasteiger partial charge in [-0.1, -0.05) is 12.1 Å². The van der Waals surface area contributed by atoms with Gasteiger partial charge in [0.1, 0.15) is 17.6 Å². The number of fused-ring (bicyclic) bond motifs is 1. The van der Waals surface area contributed by atoms with Crippen LogP contribution in [0.4, 0.5) is 0 Å². The van der Waals surface area contributed by atoms with E-state index in [0.717, 1.165) is 62.3 Å². The first-order valence-corrected chi connectivity index (χ1v) is 9.27. The maximum Gasteiger partial charge on any atom is 0.346 e. The molecule has 2 aliphatic rings. The van der Waals surface area contributed by atoms with Gasteiger partial charge in [-0.05, 0) is 43.4 Å². The number of amides is 1. The van der Waals surface area contributed by atoms with E-state index in [2.05, 4.69) is 5.10 Å². The van der Waals surface area contributed by atoms with E-state index in [9.17, 15) is 9.59 Å². The van der Waals surface area contributed by atoms with Gasteiger partial charge in [0, 0.05) is 19.5 Å². The Balaban J connectivity index is 1.61. The molecule has 1 unspecified atom stereocenters. The van der Waals surface area contributed by atoms with Crippen LogP contribution in [0.1, 0.15) is 43.1 Å². The van der Waals surface area contributed by atoms with Crippen molar-refractivity contribution in [3.8, 4) is 5.75 Å². The van der Waals surface area contributed by atoms with Crippen molar-refractivity contribution >= 4 is 5.91 Å². The van der Waals surface area contributed by atoms with Crippen LogP contribution in [0.3, 0.4) is 0 Å². The van der Waals surface area contributed by atoms with Gasteiger partial charge in [-0.2, -0.15) is 5.10 Å². The van der Waals surface area contributed by atoms with Crippen LogP contribution in [-0.2, 0) is 17.8 Å². The van der Waals surface area contributed by atoms with Crippen LogP contribution in [0.25, 0.3) is 0 Å². The zero-order chi connectivity index (χ0) is 18.1. The lowest BCUT2D eigenvalue weighted by Gasteiger charge is -2.27. The number of ether oxygens (including phenoxy) is 1. The molecule has 0 bridgehead atoms. The Bertz CT molecular complexity index is 847. The molecular weight excluding hydrogens is 332 g/mol. The number of hydrogen-bond donors (Lipinski definition) is 0. The van der Waals surface area contributed by atoms with E-state index in [1.165, 1.54) is 4.68 Å². The summed E-state index contributed by atoms with van der Waals surface area (Å²) in [4.78, 5) is 27.7. The Labute approximate surface area is 152 Å². The molecule has 26 heavy (non-hydrogen) atoms. The van der Waals surface area contributed by atoms with E-state index in [1.54, 1.807) is 11.7 Å². The monoisotopic (exact) mass is 356 g/mol. The zero-order valence-corrected chi connectivity index (χ0v) is 15.1. The van der Waals surface area contributed by atoms with Gasteiger partial charge in [-0.25, -0.2) is 9.48 Å². The fourth-order valence-corrected chi connectivity index (χ4v) is 3.92. The quantitative estimate of drug-likeness (QED) is 0.834. The highest BCUT2D eigenvalue weighted by molar-refractivity contribution is 5.80. The summed E-state index contributed by atoms with van der Waals surface area (Å²) in [5.74, 6) is 1.59. The fraction of sp³-hybridized carbons (Fsp3) is 0.526. The third-order valence-corrected chi connectivity index (χ3v) is 5.32. The summed E-state index contributed by atoms with van der Waals surface area (Å²) in [6, 6.07) is 7.20. The van der Waals surface area contributed by atoms with Crippen molar-refractivity contribution in [1.29, 1.82) is 0 Å². The van der Waals surface area contributed by atoms with Gasteiger partial charge in [-0.15, -0.1) is 0 Å². The van der Waals surface area contributed by atoms with Gasteiger partial charge in [0.2, 0.25) is 5.91 Å². The summed E-state index contributed by atoms with van der Waals surface area (Å²) in [6.07, 6.45) is 4.46. The molecule has 3 heterocycles. The molecular formula is C19H24N4O3. The number of hydrogen-bond acceptors (Lipinski definition) is 4. The van der Waals surface area contributed by atoms with Crippen molar-refractivity contribution in [3.63, 3.8) is 0 Å². The van der Waals surface area contributed by atoms with Crippen molar-refractivity contribution in [3.05, 3.63) is 46.1 Å². The highest BCUT2D eigenvalue weighted by Crippen LogP contribution is 2.25. The van der Waals surface area contributed by atoms with E-state index < -0.39 is 6.04 Å². The summed E-state index contributed by atoms with van der Waals surface area (Å²) >= 11 is 0. The number of aromatic nitrogens is 3. The standard InChI is InChI=1S/C19H24N4O3/c1-26-15-9-7-14(8-10-15)13-22-19(25)23-16(5-4-6-17(23)20-22)18(24)21-11-2-3-12-21/h7-10,16H,2-6,11-13H2,1H3. The Kier molecular flexibility index (Phi) is 4.53. The van der Waals surface area contributed by atoms with Gasteiger partial charge >= 0.3 is 5.69 Å². The van der Waals surface area contributed by atoms with Crippen molar-refractivity contribution in [1.82, 2.24) is 19.2 Å². The van der Waals surface area contributed by atoms with Crippen LogP contribution in [0.2, 0.25) is 0 Å². The van der Waals surface area contributed by atoms with Crippen molar-refractivity contribution in [2.75, 3.05) is 20.2 Å². The minimum Gasteiger partial charge on any atom is -0.497 e. The summed E-state index contributed by atoms with van der Waals surface area (Å²) in [5, 5.41) is 4.51. The summed E-state index contributed by atoms with van der Waals surface area (Å²) in [7, 11) is 1.63. The number of rotatable bonds is 4. The lowest BCUT2D eigenvalue weighted by Crippen LogP contribution is -2.41. The highest BCUT2D eigenvalue weighted by Gasteiger charge is 2.34. The molecule has 2 aliphatic heterocycles. The molecule has 138 valence electrons. The van der Waals surface area contributed by atoms with Crippen molar-refractivity contribution in [2.24, 2.45) is 0 Å². The van der Waals surface area contributed by atoms with Crippen molar-refractivity contribution < 1.29 is 9.53 Å². The molecule has 0 radical (unpaired) electrons. The first kappa shape index (κ1) is 16.9. The molecule has 0 N–H and O–H groups in total. The Morgan fingerprint density at radius 1 is 1.19 bits per heavy atom. The van der Waals surface area contributed by atoms with E-state index >= 15 is 0 Å². The van der Waals surface area contributed by atoms with Crippen molar-refractivity contribution in [2.45, 2.75) is 44.7 Å². The topological polar surface area (TPSA) is 69.4 Å². The van der Waals surface area contributed by atoms with Crippen LogP contribution in [0.5, 0.6) is 5.75 Å². The molecule has 4 rings (SSSR count). The van der Waals surface area contributed by atoms with E-state index in [1.807, 2.05) is 29.2 Å². The molecule has 1 saturated heterocycles. The van der Waals surface area contributed by atoms with E-state index in [4.69, 9.17) is 4.74 Å². The molecule has 1 fully saturated rings. The largest absolute Gasteiger partial charge is 0.497 e. The number of nitrogens with zero attached hydrogens (tertiary/aromatic N) is 4. The van der Waals surface area contributed by atoms with Crippen LogP contribution >= 0.6 is 0 Å². The summed E-state index contributed by atoms with van der Waals surface area (Å²) in [6.45, 7) is 2.01. The van der Waals surface area contributed by atoms with Crippen LogP contribution in [0.15, 0.2) is 29.1 Å². The molecule has 1 atom stereocenters. The van der Waals surface area contributed by atoms with Gasteiger partial charge in [0.05, 0.1) is 13.7 Å². The van der Waals surface area contributed by atoms with Gasteiger partial charge in [0.15, 0.2) is 0 Å². The van der Waals surface area contributed by atoms with Gasteiger partial charge in [-0.3, -0.25) is 9.36 Å². The molecule has 1 aromatic carbocycles. The number of benzene rings is 1. The molecule has 1 amide bonds. The minimum atomic E-state index is -0.394. The van der Waals surface area contributed by atoms with Crippen LogP contribution in [0, 0.1) is 0 Å². The molecule has 0 aliphatic carbocycles. The number of likely N-dealkylation sites (tertiary alicyclic amines) is 1. The predicted molar refractivity (Wildman–Crippen MR) is 96.4 cm³/mol. The van der Waals surface area contributed by atoms with Gasteiger partial charge < -0.3 is 9.64 Å². The van der Waals surface area contributed by atoms with Crippen LogP contribution < -0.4 is 10.4 Å². The molecule has 7 nitrogen and oxygen atoms in total. The second kappa shape index (κ2) is 6.97. The molecule has 2 aromatic rings. The van der Waals surface area contributed by atoms with E-state index in [-0.39, 0.29) is 11.6 Å². The Morgan fingerprint density at radius 2 is 1.92 bits per heavy atom. The Hall–Kier alpha value is -2.57. The highest BCUT2D eigenvalue weighted by atomic mass is 16.5. The average Bonchev–Trinajstić information content (AvgIpc) is 3.31. The minimum absolute atomic E-state index is 0.0783. The predicted octanol–water partition coefficient (Wildman–Crippen LogP) is 1.60. The normalized spacial score (nSPS) is 19.4. The van der Waals surface area contributed by atoms with Crippen LogP contribution in [-0.4, -0.2) is 45.4 Å². The lowest BCUT2D eigenvalue weighted by molar-refractivity contribution is -0.134. The fourth-order valence-electron chi connectivity index (χ4n) is 3.92. The maximum atomic E-state index is 12.9. The SMILES string of the molecule is COc1ccc(Cn2nc3n(c2=O)C(C(=O)N2CCCC2)CCC3)cc1. The molecule has 7 heteroatoms. The smallest absolute Gasteiger partial charge is 0.346 e. The second-order valence-electron chi connectivity index (χ2n) is 7.01. The first-order valence-electron chi connectivity index (χ1n) is 9.27. The zero-order valence-electron chi connectivity index (χ0n) is 15.1. The first-order chi connectivity index (χ1) is 12.7. The Morgan fingerprint density at radius 3 is 2.62 bits per heavy atom. The molecule has 0 spiro atoms. The molecule has 1 aromatic heterocycles. The maximum absolute atomic E-state index is 12.9. The number of carbonyl (C=O) groups is 1. The second-order valence-corrected chi connectivity index (χ2v) is 7.01. The molecule has 0 saturated carbocycles. The lowest BCUT2D eigenvalue weighted by atomic mass is 10.0. The number of aryl methyl sites for hydroxylation is 1. The number of carbonyl (C=O) groups excluding carboxylic acids is 1. The van der Waals surface area contributed by atoms with Gasteiger partial charge in [0.25, 0.3) is 0 Å². The third kappa shape index (κ3) is 3.02. The number of methoxy groups -OCH3 is 1. The average molecular weight is 356 g/mol. The summed E-state index contributed by atoms with van der Waals surface area (Å²) in [5.41, 5.74) is 0.791. The van der Waals surface area contributed by atoms with E-state index in [0.29, 0.717) is 6.54 Å². The third-order valence-electron chi connectivity index (χ3n) is 5.32. The summed E-state index contributed by atoms with van der Waals surface area (Å²) < 4.78 is 8.28.